The van der Waals surface area contributed by atoms with Gasteiger partial charge in [-0.05, 0) is 40.0 Å². The molecular weight excluding hydrogens is 482 g/mol. The van der Waals surface area contributed by atoms with Crippen LogP contribution in [0.4, 0.5) is 8.78 Å². The van der Waals surface area contributed by atoms with E-state index in [0.29, 0.717) is 23.6 Å². The number of nitrogens with zero attached hydrogens (tertiary/aromatic N) is 6. The number of fused-ring (bicyclic) bond motifs is 3. The van der Waals surface area contributed by atoms with Gasteiger partial charge in [0.2, 0.25) is 0 Å². The first-order valence-electron chi connectivity index (χ1n) is 12.4. The number of piperazine rings is 1. The third-order valence-electron chi connectivity index (χ3n) is 7.08. The van der Waals surface area contributed by atoms with Gasteiger partial charge in [-0.3, -0.25) is 9.88 Å². The number of hydrogen-bond donors (Lipinski definition) is 0. The summed E-state index contributed by atoms with van der Waals surface area (Å²) in [6, 6.07) is 3.52. The Morgan fingerprint density at radius 3 is 2.51 bits per heavy atom. The van der Waals surface area contributed by atoms with Crippen molar-refractivity contribution in [3.05, 3.63) is 35.6 Å². The fourth-order valence-corrected chi connectivity index (χ4v) is 5.16. The van der Waals surface area contributed by atoms with E-state index in [1.165, 1.54) is 0 Å². The molecule has 1 aromatic carbocycles. The summed E-state index contributed by atoms with van der Waals surface area (Å²) in [5, 5.41) is 4.91. The van der Waals surface area contributed by atoms with E-state index in [2.05, 4.69) is 22.0 Å². The highest BCUT2D eigenvalue weighted by Gasteiger charge is 2.25. The Hall–Kier alpha value is -3.15. The van der Waals surface area contributed by atoms with E-state index >= 15 is 0 Å². The number of aryl methyl sites for hydroxylation is 2. The van der Waals surface area contributed by atoms with Gasteiger partial charge >= 0.3 is 6.61 Å². The van der Waals surface area contributed by atoms with Gasteiger partial charge in [-0.15, -0.1) is 0 Å². The van der Waals surface area contributed by atoms with Crippen molar-refractivity contribution in [1.82, 2.24) is 29.5 Å². The van der Waals surface area contributed by atoms with E-state index in [1.807, 2.05) is 37.5 Å². The average molecular weight is 515 g/mol. The van der Waals surface area contributed by atoms with Crippen LogP contribution < -0.4 is 4.74 Å². The number of methoxy groups -OCH3 is 1. The quantitative estimate of drug-likeness (QED) is 0.342. The molecule has 1 atom stereocenters. The minimum absolute atomic E-state index is 0.142. The van der Waals surface area contributed by atoms with E-state index in [1.54, 1.807) is 13.3 Å². The average Bonchev–Trinajstić information content (AvgIpc) is 3.41. The monoisotopic (exact) mass is 514 g/mol. The molecule has 9 nitrogen and oxygen atoms in total. The molecule has 0 amide bonds. The Kier molecular flexibility index (Phi) is 7.11. The third-order valence-corrected chi connectivity index (χ3v) is 7.08. The first-order valence-corrected chi connectivity index (χ1v) is 12.4. The summed E-state index contributed by atoms with van der Waals surface area (Å²) in [5.74, 6) is 2.13. The van der Waals surface area contributed by atoms with Crippen LogP contribution in [-0.2, 0) is 11.3 Å². The highest BCUT2D eigenvalue weighted by Crippen LogP contribution is 2.39. The Bertz CT molecular complexity index is 1390. The second-order valence-corrected chi connectivity index (χ2v) is 9.68. The molecule has 0 aliphatic carbocycles. The summed E-state index contributed by atoms with van der Waals surface area (Å²) in [7, 11) is 3.73. The molecule has 4 heterocycles. The fourth-order valence-electron chi connectivity index (χ4n) is 5.16. The number of likely N-dealkylation sites (N-methyl/N-ethyl adjacent to an activating group) is 1. The molecule has 1 saturated heterocycles. The van der Waals surface area contributed by atoms with Gasteiger partial charge in [0.25, 0.3) is 0 Å². The molecular formula is C26H32F2N6O3. The van der Waals surface area contributed by atoms with Crippen LogP contribution in [0.5, 0.6) is 5.75 Å². The number of rotatable bonds is 8. The lowest BCUT2D eigenvalue weighted by atomic mass is 10.0. The van der Waals surface area contributed by atoms with E-state index in [9.17, 15) is 8.78 Å². The molecule has 37 heavy (non-hydrogen) atoms. The van der Waals surface area contributed by atoms with Crippen LogP contribution in [0.15, 0.2) is 22.9 Å². The SMILES string of the molecule is COc1cc2c(cc1-c1c(C)noc1C)ncc1nc(CN3CCN(C)CC3)n(C(C)COC(F)F)c12. The van der Waals surface area contributed by atoms with Crippen LogP contribution in [0.25, 0.3) is 33.1 Å². The van der Waals surface area contributed by atoms with Crippen molar-refractivity contribution < 1.29 is 22.8 Å². The largest absolute Gasteiger partial charge is 0.496 e. The topological polar surface area (TPSA) is 81.7 Å². The zero-order valence-electron chi connectivity index (χ0n) is 21.8. The molecule has 1 aliphatic rings. The van der Waals surface area contributed by atoms with Crippen molar-refractivity contribution in [3.63, 3.8) is 0 Å². The van der Waals surface area contributed by atoms with Crippen LogP contribution >= 0.6 is 0 Å². The van der Waals surface area contributed by atoms with Gasteiger partial charge in [-0.1, -0.05) is 5.16 Å². The standard InChI is InChI=1S/C26H32F2N6O3/c1-15(14-36-26(27)28)34-23(13-33-8-6-32(4)7-9-33)30-21-12-29-20-10-19(24-16(2)31-37-17(24)3)22(35-5)11-18(20)25(21)34/h10-12,15,26H,6-9,13-14H2,1-5H3. The van der Waals surface area contributed by atoms with Crippen molar-refractivity contribution >= 4 is 21.9 Å². The predicted octanol–water partition coefficient (Wildman–Crippen LogP) is 4.41. The maximum absolute atomic E-state index is 13.0. The summed E-state index contributed by atoms with van der Waals surface area (Å²) in [4.78, 5) is 14.2. The van der Waals surface area contributed by atoms with Crippen molar-refractivity contribution in [2.45, 2.75) is 40.0 Å². The predicted molar refractivity (Wildman–Crippen MR) is 136 cm³/mol. The summed E-state index contributed by atoms with van der Waals surface area (Å²) in [5.41, 5.74) is 4.71. The number of alkyl halides is 2. The molecule has 3 aromatic heterocycles. The summed E-state index contributed by atoms with van der Waals surface area (Å²) >= 11 is 0. The van der Waals surface area contributed by atoms with E-state index < -0.39 is 6.61 Å². The molecule has 1 unspecified atom stereocenters. The van der Waals surface area contributed by atoms with Crippen molar-refractivity contribution in [3.8, 4) is 16.9 Å². The number of halogens is 2. The van der Waals surface area contributed by atoms with Gasteiger partial charge < -0.3 is 23.5 Å². The normalized spacial score (nSPS) is 16.3. The Balaban J connectivity index is 1.67. The van der Waals surface area contributed by atoms with E-state index in [-0.39, 0.29) is 12.6 Å². The minimum atomic E-state index is -2.84. The van der Waals surface area contributed by atoms with Crippen LogP contribution in [0.1, 0.15) is 30.2 Å². The lowest BCUT2D eigenvalue weighted by Gasteiger charge is -2.32. The molecule has 0 saturated carbocycles. The third kappa shape index (κ3) is 4.90. The number of benzene rings is 1. The van der Waals surface area contributed by atoms with E-state index in [0.717, 1.165) is 65.2 Å². The molecule has 0 N–H and O–H groups in total. The van der Waals surface area contributed by atoms with Crippen LogP contribution in [-0.4, -0.2) is 83.0 Å². The summed E-state index contributed by atoms with van der Waals surface area (Å²) in [6.07, 6.45) is 1.74. The summed E-state index contributed by atoms with van der Waals surface area (Å²) < 4.78 is 43.8. The van der Waals surface area contributed by atoms with Gasteiger partial charge in [0.15, 0.2) is 0 Å². The molecule has 198 valence electrons. The Morgan fingerprint density at radius 1 is 1.11 bits per heavy atom. The second-order valence-electron chi connectivity index (χ2n) is 9.68. The zero-order valence-corrected chi connectivity index (χ0v) is 21.8. The number of hydrogen-bond acceptors (Lipinski definition) is 8. The number of imidazole rings is 1. The number of pyridine rings is 1. The lowest BCUT2D eigenvalue weighted by molar-refractivity contribution is -0.135. The Morgan fingerprint density at radius 2 is 1.86 bits per heavy atom. The lowest BCUT2D eigenvalue weighted by Crippen LogP contribution is -2.44. The zero-order chi connectivity index (χ0) is 26.3. The molecule has 0 bridgehead atoms. The molecule has 0 spiro atoms. The second kappa shape index (κ2) is 10.3. The summed E-state index contributed by atoms with van der Waals surface area (Å²) in [6.45, 7) is 7.01. The van der Waals surface area contributed by atoms with Crippen molar-refractivity contribution in [1.29, 1.82) is 0 Å². The number of ether oxygens (including phenoxy) is 2. The highest BCUT2D eigenvalue weighted by atomic mass is 19.3. The molecule has 4 aromatic rings. The van der Waals surface area contributed by atoms with Crippen LogP contribution in [0.3, 0.4) is 0 Å². The Labute approximate surface area is 213 Å². The van der Waals surface area contributed by atoms with Gasteiger partial charge in [0.05, 0.1) is 54.8 Å². The highest BCUT2D eigenvalue weighted by molar-refractivity contribution is 6.05. The molecule has 0 radical (unpaired) electrons. The van der Waals surface area contributed by atoms with Crippen LogP contribution in [0, 0.1) is 13.8 Å². The first-order chi connectivity index (χ1) is 17.8. The van der Waals surface area contributed by atoms with Crippen molar-refractivity contribution in [2.75, 3.05) is 46.9 Å². The van der Waals surface area contributed by atoms with Gasteiger partial charge in [0, 0.05) is 37.1 Å². The smallest absolute Gasteiger partial charge is 0.345 e. The fraction of sp³-hybridized carbons (Fsp3) is 0.500. The molecule has 5 rings (SSSR count). The van der Waals surface area contributed by atoms with Crippen molar-refractivity contribution in [2.24, 2.45) is 0 Å². The maximum Gasteiger partial charge on any atom is 0.345 e. The number of aromatic nitrogens is 4. The van der Waals surface area contributed by atoms with Crippen LogP contribution in [0.2, 0.25) is 0 Å². The molecule has 1 aliphatic heterocycles. The van der Waals surface area contributed by atoms with E-state index in [4.69, 9.17) is 24.0 Å². The van der Waals surface area contributed by atoms with Gasteiger partial charge in [0.1, 0.15) is 22.9 Å². The maximum atomic E-state index is 13.0. The molecule has 11 heteroatoms. The molecule has 1 fully saturated rings. The van der Waals surface area contributed by atoms with Gasteiger partial charge in [-0.25, -0.2) is 4.98 Å². The first kappa shape index (κ1) is 25.5. The van der Waals surface area contributed by atoms with Gasteiger partial charge in [-0.2, -0.15) is 8.78 Å². The minimum Gasteiger partial charge on any atom is -0.496 e.